The van der Waals surface area contributed by atoms with E-state index in [0.29, 0.717) is 36.8 Å². The van der Waals surface area contributed by atoms with Crippen LogP contribution in [0.1, 0.15) is 35.7 Å². The molecule has 196 valence electrons. The molecule has 3 aromatic rings. The number of hydrogen-bond acceptors (Lipinski definition) is 7. The number of amides is 1. The first-order valence-corrected chi connectivity index (χ1v) is 14.2. The Bertz CT molecular complexity index is 1310. The molecule has 1 N–H and O–H groups in total. The van der Waals surface area contributed by atoms with Crippen LogP contribution in [0.25, 0.3) is 11.1 Å². The lowest BCUT2D eigenvalue weighted by atomic mass is 9.93. The lowest BCUT2D eigenvalue weighted by molar-refractivity contribution is 0.0981. The third-order valence-corrected chi connectivity index (χ3v) is 7.14. The van der Waals surface area contributed by atoms with E-state index in [1.807, 2.05) is 47.3 Å². The minimum atomic E-state index is -3.61. The van der Waals surface area contributed by atoms with Gasteiger partial charge in [-0.2, -0.15) is 0 Å². The number of sulfonamides is 1. The monoisotopic (exact) mass is 523 g/mol. The summed E-state index contributed by atoms with van der Waals surface area (Å²) < 4.78 is 36.3. The lowest BCUT2D eigenvalue weighted by Gasteiger charge is -2.34. The number of nitrogens with zero attached hydrogens (tertiary/aromatic N) is 2. The van der Waals surface area contributed by atoms with Gasteiger partial charge in [-0.15, -0.1) is 0 Å². The smallest absolute Gasteiger partial charge is 0.264 e. The fourth-order valence-corrected chi connectivity index (χ4v) is 4.74. The molecule has 1 aliphatic heterocycles. The molecule has 2 unspecified atom stereocenters. The van der Waals surface area contributed by atoms with Crippen LogP contribution in [-0.2, 0) is 16.6 Å². The number of pyridine rings is 1. The van der Waals surface area contributed by atoms with E-state index in [0.717, 1.165) is 42.3 Å². The van der Waals surface area contributed by atoms with E-state index < -0.39 is 15.9 Å². The Morgan fingerprint density at radius 1 is 1.08 bits per heavy atom. The minimum Gasteiger partial charge on any atom is -0.489 e. The molecule has 37 heavy (non-hydrogen) atoms. The van der Waals surface area contributed by atoms with Crippen molar-refractivity contribution >= 4 is 15.9 Å². The van der Waals surface area contributed by atoms with Crippen LogP contribution in [-0.4, -0.2) is 56.7 Å². The Morgan fingerprint density at radius 3 is 2.54 bits per heavy atom. The molecule has 2 heterocycles. The Kier molecular flexibility index (Phi) is 8.45. The summed E-state index contributed by atoms with van der Waals surface area (Å²) in [6.07, 6.45) is 5.04. The molecule has 1 amide bonds. The molecule has 2 aromatic carbocycles. The maximum Gasteiger partial charge on any atom is 0.264 e. The van der Waals surface area contributed by atoms with Crippen molar-refractivity contribution in [2.24, 2.45) is 5.92 Å². The van der Waals surface area contributed by atoms with Crippen LogP contribution in [0.3, 0.4) is 0 Å². The van der Waals surface area contributed by atoms with Crippen LogP contribution in [0, 0.1) is 5.92 Å². The van der Waals surface area contributed by atoms with Gasteiger partial charge in [0.15, 0.2) is 0 Å². The van der Waals surface area contributed by atoms with Crippen molar-refractivity contribution in [3.05, 3.63) is 78.0 Å². The standard InChI is InChI=1S/C28H33N3O5S/c1-20-15-22(13-14-31(20)2)19-36-27-12-11-25(17-29-27)24-5-4-6-26(16-24)35-18-21-7-9-23(10-8-21)28(32)30-37(3,33)34/h4-12,16-17,20,22H,13-15,18-19H2,1-3H3,(H,30,32). The molecule has 8 nitrogen and oxygen atoms in total. The first kappa shape index (κ1) is 26.6. The van der Waals surface area contributed by atoms with Crippen LogP contribution in [0.2, 0.25) is 0 Å². The summed E-state index contributed by atoms with van der Waals surface area (Å²) in [7, 11) is -1.43. The van der Waals surface area contributed by atoms with Gasteiger partial charge in [-0.3, -0.25) is 4.79 Å². The van der Waals surface area contributed by atoms with Crippen LogP contribution in [0.5, 0.6) is 11.6 Å². The third kappa shape index (κ3) is 7.77. The summed E-state index contributed by atoms with van der Waals surface area (Å²) in [6, 6.07) is 18.8. The van der Waals surface area contributed by atoms with Crippen LogP contribution in [0.4, 0.5) is 0 Å². The Balaban J connectivity index is 1.31. The van der Waals surface area contributed by atoms with Crippen LogP contribution >= 0.6 is 0 Å². The van der Waals surface area contributed by atoms with E-state index in [1.54, 1.807) is 24.3 Å². The summed E-state index contributed by atoms with van der Waals surface area (Å²) >= 11 is 0. The van der Waals surface area contributed by atoms with E-state index in [-0.39, 0.29) is 5.56 Å². The second kappa shape index (κ2) is 11.7. The third-order valence-electron chi connectivity index (χ3n) is 6.59. The number of nitrogens with one attached hydrogen (secondary N) is 1. The first-order valence-electron chi connectivity index (χ1n) is 12.3. The molecule has 0 bridgehead atoms. The maximum atomic E-state index is 11.9. The molecule has 0 spiro atoms. The van der Waals surface area contributed by atoms with Gasteiger partial charge in [0.2, 0.25) is 15.9 Å². The molecule has 0 saturated carbocycles. The van der Waals surface area contributed by atoms with E-state index in [2.05, 4.69) is 23.9 Å². The zero-order chi connectivity index (χ0) is 26.4. The second-order valence-corrected chi connectivity index (χ2v) is 11.4. The highest BCUT2D eigenvalue weighted by Crippen LogP contribution is 2.26. The Morgan fingerprint density at radius 2 is 1.86 bits per heavy atom. The zero-order valence-corrected chi connectivity index (χ0v) is 22.2. The molecule has 1 aliphatic rings. The first-order chi connectivity index (χ1) is 17.7. The average Bonchev–Trinajstić information content (AvgIpc) is 2.88. The Hall–Kier alpha value is -3.43. The van der Waals surface area contributed by atoms with Gasteiger partial charge in [0.1, 0.15) is 12.4 Å². The topological polar surface area (TPSA) is 97.8 Å². The predicted octanol–water partition coefficient (Wildman–Crippen LogP) is 4.13. The summed E-state index contributed by atoms with van der Waals surface area (Å²) in [5, 5.41) is 0. The molecule has 9 heteroatoms. The van der Waals surface area contributed by atoms with Gasteiger partial charge in [0.05, 0.1) is 12.9 Å². The largest absolute Gasteiger partial charge is 0.489 e. The van der Waals surface area contributed by atoms with E-state index in [1.165, 1.54) is 0 Å². The van der Waals surface area contributed by atoms with Gasteiger partial charge in [-0.1, -0.05) is 24.3 Å². The molecular weight excluding hydrogens is 490 g/mol. The van der Waals surface area contributed by atoms with Gasteiger partial charge in [0, 0.05) is 29.4 Å². The molecule has 0 aliphatic carbocycles. The Labute approximate surface area is 218 Å². The number of rotatable bonds is 9. The average molecular weight is 524 g/mol. The fourth-order valence-electron chi connectivity index (χ4n) is 4.29. The van der Waals surface area contributed by atoms with Crippen molar-refractivity contribution in [1.82, 2.24) is 14.6 Å². The van der Waals surface area contributed by atoms with Crippen molar-refractivity contribution in [2.45, 2.75) is 32.4 Å². The number of carbonyl (C=O) groups excluding carboxylic acids is 1. The second-order valence-electron chi connectivity index (χ2n) is 9.63. The quantitative estimate of drug-likeness (QED) is 0.450. The van der Waals surface area contributed by atoms with Crippen LogP contribution in [0.15, 0.2) is 66.9 Å². The summed E-state index contributed by atoms with van der Waals surface area (Å²) in [5.74, 6) is 1.23. The highest BCUT2D eigenvalue weighted by atomic mass is 32.2. The SMILES string of the molecule is CC1CC(COc2ccc(-c3cccc(OCc4ccc(C(=O)NS(C)(=O)=O)cc4)c3)cn2)CCN1C. The van der Waals surface area contributed by atoms with Crippen molar-refractivity contribution in [3.8, 4) is 22.8 Å². The van der Waals surface area contributed by atoms with E-state index in [9.17, 15) is 13.2 Å². The number of ether oxygens (including phenoxy) is 2. The van der Waals surface area contributed by atoms with Crippen molar-refractivity contribution in [3.63, 3.8) is 0 Å². The highest BCUT2D eigenvalue weighted by Gasteiger charge is 2.23. The fraction of sp³-hybridized carbons (Fsp3) is 0.357. The van der Waals surface area contributed by atoms with Crippen molar-refractivity contribution in [1.29, 1.82) is 0 Å². The molecule has 1 aromatic heterocycles. The zero-order valence-electron chi connectivity index (χ0n) is 21.4. The molecule has 2 atom stereocenters. The van der Waals surface area contributed by atoms with Gasteiger partial charge in [0.25, 0.3) is 5.91 Å². The number of benzene rings is 2. The number of likely N-dealkylation sites (tertiary alicyclic amines) is 1. The number of piperidine rings is 1. The molecule has 0 radical (unpaired) electrons. The van der Waals surface area contributed by atoms with Crippen molar-refractivity contribution in [2.75, 3.05) is 26.5 Å². The molecule has 4 rings (SSSR count). The van der Waals surface area contributed by atoms with Crippen LogP contribution < -0.4 is 14.2 Å². The van der Waals surface area contributed by atoms with E-state index in [4.69, 9.17) is 9.47 Å². The van der Waals surface area contributed by atoms with Gasteiger partial charge in [-0.25, -0.2) is 18.1 Å². The predicted molar refractivity (Wildman–Crippen MR) is 143 cm³/mol. The van der Waals surface area contributed by atoms with Crippen molar-refractivity contribution < 1.29 is 22.7 Å². The highest BCUT2D eigenvalue weighted by molar-refractivity contribution is 7.89. The van der Waals surface area contributed by atoms with Gasteiger partial charge < -0.3 is 14.4 Å². The normalized spacial score (nSPS) is 18.2. The summed E-state index contributed by atoms with van der Waals surface area (Å²) in [4.78, 5) is 18.8. The summed E-state index contributed by atoms with van der Waals surface area (Å²) in [5.41, 5.74) is 3.06. The number of carbonyl (C=O) groups is 1. The maximum absolute atomic E-state index is 11.9. The van der Waals surface area contributed by atoms with Gasteiger partial charge >= 0.3 is 0 Å². The number of hydrogen-bond donors (Lipinski definition) is 1. The number of aromatic nitrogens is 1. The molecule has 1 fully saturated rings. The molecular formula is C28H33N3O5S. The lowest BCUT2D eigenvalue weighted by Crippen LogP contribution is -2.39. The summed E-state index contributed by atoms with van der Waals surface area (Å²) in [6.45, 7) is 4.36. The molecule has 1 saturated heterocycles. The van der Waals surface area contributed by atoms with E-state index >= 15 is 0 Å². The van der Waals surface area contributed by atoms with Gasteiger partial charge in [-0.05, 0) is 80.7 Å². The minimum absolute atomic E-state index is 0.261.